The van der Waals surface area contributed by atoms with Crippen molar-refractivity contribution in [2.24, 2.45) is 0 Å². The summed E-state index contributed by atoms with van der Waals surface area (Å²) in [6.07, 6.45) is -1.83. The van der Waals surface area contributed by atoms with E-state index in [0.29, 0.717) is 11.3 Å². The molecule has 12 heteroatoms. The van der Waals surface area contributed by atoms with Gasteiger partial charge in [0, 0.05) is 11.8 Å². The van der Waals surface area contributed by atoms with Gasteiger partial charge in [-0.1, -0.05) is 0 Å². The van der Waals surface area contributed by atoms with Crippen LogP contribution in [0.2, 0.25) is 0 Å². The van der Waals surface area contributed by atoms with Gasteiger partial charge >= 0.3 is 6.09 Å². The van der Waals surface area contributed by atoms with Gasteiger partial charge in [0.15, 0.2) is 0 Å². The topological polar surface area (TPSA) is 99.3 Å². The second-order valence-electron chi connectivity index (χ2n) is 7.89. The van der Waals surface area contributed by atoms with Crippen LogP contribution in [0.25, 0.3) is 0 Å². The highest BCUT2D eigenvalue weighted by Gasteiger charge is 2.34. The van der Waals surface area contributed by atoms with Crippen LogP contribution < -0.4 is 0 Å². The molecular formula is C17H23F2N5O4S. The first-order valence-electron chi connectivity index (χ1n) is 8.92. The van der Waals surface area contributed by atoms with E-state index in [1.54, 1.807) is 20.8 Å². The van der Waals surface area contributed by atoms with Gasteiger partial charge in [0.25, 0.3) is 16.4 Å². The average Bonchev–Trinajstić information content (AvgIpc) is 3.17. The van der Waals surface area contributed by atoms with Crippen molar-refractivity contribution in [1.82, 2.24) is 23.9 Å². The van der Waals surface area contributed by atoms with Crippen LogP contribution in [-0.2, 0) is 34.4 Å². The van der Waals surface area contributed by atoms with Crippen molar-refractivity contribution in [2.75, 3.05) is 0 Å². The number of halogens is 2. The van der Waals surface area contributed by atoms with Crippen molar-refractivity contribution < 1.29 is 26.7 Å². The van der Waals surface area contributed by atoms with Crippen LogP contribution in [0.5, 0.6) is 0 Å². The Hall–Kier alpha value is -2.50. The average molecular weight is 431 g/mol. The van der Waals surface area contributed by atoms with Gasteiger partial charge < -0.3 is 4.74 Å². The lowest BCUT2D eigenvalue weighted by atomic mass is 10.2. The number of alkyl halides is 2. The van der Waals surface area contributed by atoms with Crippen molar-refractivity contribution in [1.29, 1.82) is 0 Å². The van der Waals surface area contributed by atoms with E-state index in [2.05, 4.69) is 10.2 Å². The van der Waals surface area contributed by atoms with Crippen molar-refractivity contribution >= 4 is 16.1 Å². The zero-order valence-electron chi connectivity index (χ0n) is 16.8. The quantitative estimate of drug-likeness (QED) is 0.737. The summed E-state index contributed by atoms with van der Waals surface area (Å²) in [6.45, 7) is 7.74. The van der Waals surface area contributed by atoms with Crippen LogP contribution in [0.3, 0.4) is 0 Å². The summed E-state index contributed by atoms with van der Waals surface area (Å²) in [4.78, 5) is 13.5. The summed E-state index contributed by atoms with van der Waals surface area (Å²) < 4.78 is 58.6. The van der Waals surface area contributed by atoms with E-state index in [1.165, 1.54) is 24.9 Å². The number of aryl methyl sites for hydroxylation is 1. The predicted molar refractivity (Wildman–Crippen MR) is 98.0 cm³/mol. The van der Waals surface area contributed by atoms with E-state index < -0.39 is 34.7 Å². The van der Waals surface area contributed by atoms with Crippen LogP contribution in [0.15, 0.2) is 11.1 Å². The predicted octanol–water partition coefficient (Wildman–Crippen LogP) is 2.45. The van der Waals surface area contributed by atoms with Crippen LogP contribution in [0.4, 0.5) is 13.6 Å². The molecule has 0 N–H and O–H groups in total. The first-order chi connectivity index (χ1) is 13.3. The molecule has 1 aliphatic rings. The van der Waals surface area contributed by atoms with Crippen molar-refractivity contribution in [3.8, 4) is 0 Å². The molecule has 3 heterocycles. The van der Waals surface area contributed by atoms with Crippen LogP contribution in [0.1, 0.15) is 43.4 Å². The van der Waals surface area contributed by atoms with Crippen LogP contribution in [0, 0.1) is 13.8 Å². The molecule has 0 unspecified atom stereocenters. The van der Waals surface area contributed by atoms with E-state index in [4.69, 9.17) is 4.74 Å². The molecule has 0 spiro atoms. The molecule has 0 aromatic carbocycles. The van der Waals surface area contributed by atoms with Gasteiger partial charge in [0.1, 0.15) is 17.0 Å². The SMILES string of the molecule is Cc1nn(CC(F)F)c(C)c1S(=O)(=O)n1cc2c(n1)CN(C(=O)OC(C)(C)C)C2. The van der Waals surface area contributed by atoms with Crippen molar-refractivity contribution in [3.05, 3.63) is 28.8 Å². The first kappa shape index (κ1) is 21.2. The van der Waals surface area contributed by atoms with Gasteiger partial charge in [-0.2, -0.15) is 22.7 Å². The lowest BCUT2D eigenvalue weighted by molar-refractivity contribution is 0.0239. The fraction of sp³-hybridized carbons (Fsp3) is 0.588. The van der Waals surface area contributed by atoms with Crippen molar-refractivity contribution in [3.63, 3.8) is 0 Å². The number of nitrogens with zero attached hydrogens (tertiary/aromatic N) is 5. The van der Waals surface area contributed by atoms with E-state index >= 15 is 0 Å². The summed E-state index contributed by atoms with van der Waals surface area (Å²) in [5, 5.41) is 8.04. The fourth-order valence-corrected chi connectivity index (χ4v) is 4.71. The van der Waals surface area contributed by atoms with E-state index in [-0.39, 0.29) is 29.4 Å². The van der Waals surface area contributed by atoms with E-state index in [0.717, 1.165) is 8.77 Å². The molecular weight excluding hydrogens is 408 g/mol. The molecule has 0 aliphatic carbocycles. The second-order valence-corrected chi connectivity index (χ2v) is 9.62. The summed E-state index contributed by atoms with van der Waals surface area (Å²) in [6, 6.07) is 0. The highest BCUT2D eigenvalue weighted by molar-refractivity contribution is 7.90. The molecule has 2 aromatic rings. The monoisotopic (exact) mass is 431 g/mol. The van der Waals surface area contributed by atoms with Crippen molar-refractivity contribution in [2.45, 2.75) is 71.2 Å². The highest BCUT2D eigenvalue weighted by Crippen LogP contribution is 2.27. The smallest absolute Gasteiger partial charge is 0.410 e. The molecule has 0 radical (unpaired) electrons. The second kappa shape index (κ2) is 7.08. The lowest BCUT2D eigenvalue weighted by Gasteiger charge is -2.24. The Morgan fingerprint density at radius 2 is 1.90 bits per heavy atom. The summed E-state index contributed by atoms with van der Waals surface area (Å²) in [5.74, 6) is 0. The molecule has 0 bridgehead atoms. The van der Waals surface area contributed by atoms with Crippen LogP contribution in [-0.4, -0.2) is 50.4 Å². The van der Waals surface area contributed by atoms with Gasteiger partial charge in [0.2, 0.25) is 0 Å². The number of hydrogen-bond donors (Lipinski definition) is 0. The number of fused-ring (bicyclic) bond motifs is 1. The minimum Gasteiger partial charge on any atom is -0.444 e. The molecule has 0 saturated heterocycles. The molecule has 3 rings (SSSR count). The van der Waals surface area contributed by atoms with Gasteiger partial charge in [-0.3, -0.25) is 9.58 Å². The lowest BCUT2D eigenvalue weighted by Crippen LogP contribution is -2.33. The molecule has 0 saturated carbocycles. The highest BCUT2D eigenvalue weighted by atomic mass is 32.2. The Labute approximate surface area is 167 Å². The molecule has 1 aliphatic heterocycles. The molecule has 160 valence electrons. The summed E-state index contributed by atoms with van der Waals surface area (Å²) in [5.41, 5.74) is 0.612. The van der Waals surface area contributed by atoms with Crippen LogP contribution >= 0.6 is 0 Å². The van der Waals surface area contributed by atoms with E-state index in [1.807, 2.05) is 0 Å². The number of carbonyl (C=O) groups excluding carboxylic acids is 1. The van der Waals surface area contributed by atoms with Gasteiger partial charge in [-0.05, 0) is 34.6 Å². The Balaban J connectivity index is 1.86. The Bertz CT molecular complexity index is 1030. The summed E-state index contributed by atoms with van der Waals surface area (Å²) >= 11 is 0. The standard InChI is InChI=1S/C17H23F2N5O4S/c1-10-15(11(2)23(20-10)9-14(18)19)29(26,27)24-7-12-6-22(8-13(12)21-24)16(25)28-17(3,4)5/h7,14H,6,8-9H2,1-5H3. The number of rotatable bonds is 4. The van der Waals surface area contributed by atoms with Gasteiger partial charge in [-0.15, -0.1) is 0 Å². The maximum absolute atomic E-state index is 13.0. The molecule has 0 fully saturated rings. The van der Waals surface area contributed by atoms with E-state index in [9.17, 15) is 22.0 Å². The Morgan fingerprint density at radius 3 is 2.45 bits per heavy atom. The fourth-order valence-electron chi connectivity index (χ4n) is 3.16. The Kier molecular flexibility index (Phi) is 5.18. The van der Waals surface area contributed by atoms with Gasteiger partial charge in [-0.25, -0.2) is 13.6 Å². The minimum atomic E-state index is -4.12. The third-order valence-corrected chi connectivity index (χ3v) is 6.13. The molecule has 9 nitrogen and oxygen atoms in total. The number of ether oxygens (including phenoxy) is 1. The number of hydrogen-bond acceptors (Lipinski definition) is 6. The minimum absolute atomic E-state index is 0.119. The largest absolute Gasteiger partial charge is 0.444 e. The number of carbonyl (C=O) groups is 1. The first-order valence-corrected chi connectivity index (χ1v) is 10.4. The zero-order valence-corrected chi connectivity index (χ0v) is 17.6. The molecule has 0 atom stereocenters. The number of aromatic nitrogens is 4. The molecule has 2 aromatic heterocycles. The zero-order chi connectivity index (χ0) is 21.7. The Morgan fingerprint density at radius 1 is 1.24 bits per heavy atom. The summed E-state index contributed by atoms with van der Waals surface area (Å²) in [7, 11) is -4.12. The molecule has 1 amide bonds. The third-order valence-electron chi connectivity index (χ3n) is 4.34. The normalized spacial score (nSPS) is 14.6. The maximum Gasteiger partial charge on any atom is 0.410 e. The van der Waals surface area contributed by atoms with Gasteiger partial charge in [0.05, 0.1) is 30.2 Å². The maximum atomic E-state index is 13.0. The number of amides is 1. The molecule has 29 heavy (non-hydrogen) atoms. The third kappa shape index (κ3) is 4.11.